The molecule has 1 aromatic rings. The van der Waals surface area contributed by atoms with Gasteiger partial charge in [-0.05, 0) is 35.3 Å². The lowest BCUT2D eigenvalue weighted by Crippen LogP contribution is -2.15. The van der Waals surface area contributed by atoms with Crippen molar-refractivity contribution in [3.8, 4) is 12.3 Å². The minimum Gasteiger partial charge on any atom is -0.332 e. The van der Waals surface area contributed by atoms with Gasteiger partial charge in [-0.15, -0.1) is 13.0 Å². The fraction of sp³-hybridized carbons (Fsp3) is 0.500. The third-order valence-electron chi connectivity index (χ3n) is 4.41. The largest absolute Gasteiger partial charge is 0.431 e. The van der Waals surface area contributed by atoms with Crippen LogP contribution in [-0.2, 0) is 19.1 Å². The van der Waals surface area contributed by atoms with Crippen LogP contribution in [0.15, 0.2) is 24.9 Å². The highest BCUT2D eigenvalue weighted by molar-refractivity contribution is 5.29. The molecule has 2 rings (SSSR count). The fourth-order valence-electron chi connectivity index (χ4n) is 3.14. The summed E-state index contributed by atoms with van der Waals surface area (Å²) in [7, 11) is 0. The molecule has 1 heterocycles. The van der Waals surface area contributed by atoms with Gasteiger partial charge >= 0.3 is 6.18 Å². The maximum atomic E-state index is 13.2. The monoisotopic (exact) mass is 281 g/mol. The van der Waals surface area contributed by atoms with E-state index in [1.165, 1.54) is 12.3 Å². The zero-order chi connectivity index (χ0) is 15.1. The summed E-state index contributed by atoms with van der Waals surface area (Å²) in [5.74, 6) is 2.75. The Labute approximate surface area is 117 Å². The van der Waals surface area contributed by atoms with Crippen LogP contribution in [0.5, 0.6) is 0 Å². The highest BCUT2D eigenvalue weighted by Gasteiger charge is 2.55. The highest BCUT2D eigenvalue weighted by Crippen LogP contribution is 2.60. The number of hydrogen-bond donors (Lipinski definition) is 0. The molecule has 1 fully saturated rings. The number of aromatic nitrogens is 1. The Balaban J connectivity index is 2.30. The van der Waals surface area contributed by atoms with Crippen LogP contribution in [-0.4, -0.2) is 4.57 Å². The molecule has 0 radical (unpaired) electrons. The van der Waals surface area contributed by atoms with Gasteiger partial charge < -0.3 is 4.57 Å². The summed E-state index contributed by atoms with van der Waals surface area (Å²) >= 11 is 0. The molecule has 0 saturated heterocycles. The number of allylic oxidation sites excluding steroid dienone is 1. The second-order valence-electron chi connectivity index (χ2n) is 5.91. The third kappa shape index (κ3) is 2.37. The highest BCUT2D eigenvalue weighted by atomic mass is 19.4. The maximum Gasteiger partial charge on any atom is 0.431 e. The van der Waals surface area contributed by atoms with Crippen molar-refractivity contribution in [1.29, 1.82) is 0 Å². The Kier molecular flexibility index (Phi) is 3.49. The molecule has 0 N–H and O–H groups in total. The summed E-state index contributed by atoms with van der Waals surface area (Å²) in [6, 6.07) is 1.54. The molecule has 1 saturated carbocycles. The first-order valence-electron chi connectivity index (χ1n) is 6.54. The minimum absolute atomic E-state index is 0.0266. The van der Waals surface area contributed by atoms with E-state index in [1.54, 1.807) is 0 Å². The van der Waals surface area contributed by atoms with Crippen molar-refractivity contribution in [1.82, 2.24) is 4.57 Å². The molecule has 0 spiro atoms. The summed E-state index contributed by atoms with van der Waals surface area (Å²) in [5, 5.41) is 0. The Morgan fingerprint density at radius 2 is 2.15 bits per heavy atom. The van der Waals surface area contributed by atoms with Crippen LogP contribution in [0.25, 0.3) is 0 Å². The van der Waals surface area contributed by atoms with Crippen molar-refractivity contribution in [2.24, 2.45) is 17.3 Å². The zero-order valence-corrected chi connectivity index (χ0v) is 11.7. The molecule has 2 atom stereocenters. The van der Waals surface area contributed by atoms with Crippen LogP contribution in [0, 0.1) is 29.6 Å². The lowest BCUT2D eigenvalue weighted by atomic mass is 10.0. The van der Waals surface area contributed by atoms with Crippen LogP contribution in [0.3, 0.4) is 0 Å². The Morgan fingerprint density at radius 3 is 2.60 bits per heavy atom. The predicted octanol–water partition coefficient (Wildman–Crippen LogP) is 4.14. The molecule has 0 unspecified atom stereocenters. The van der Waals surface area contributed by atoms with Crippen LogP contribution >= 0.6 is 0 Å². The topological polar surface area (TPSA) is 4.93 Å². The molecule has 0 amide bonds. The smallest absolute Gasteiger partial charge is 0.332 e. The third-order valence-corrected chi connectivity index (χ3v) is 4.41. The van der Waals surface area contributed by atoms with Gasteiger partial charge in [-0.1, -0.05) is 25.8 Å². The van der Waals surface area contributed by atoms with Crippen molar-refractivity contribution in [2.75, 3.05) is 0 Å². The van der Waals surface area contributed by atoms with E-state index in [2.05, 4.69) is 26.3 Å². The van der Waals surface area contributed by atoms with Crippen LogP contribution in [0.2, 0.25) is 0 Å². The van der Waals surface area contributed by atoms with Crippen LogP contribution in [0.4, 0.5) is 13.2 Å². The number of hydrogen-bond acceptors (Lipinski definition) is 0. The number of terminal acetylenes is 1. The molecule has 1 aliphatic rings. The summed E-state index contributed by atoms with van der Waals surface area (Å²) in [6.07, 6.45) is 4.44. The molecule has 20 heavy (non-hydrogen) atoms. The summed E-state index contributed by atoms with van der Waals surface area (Å²) in [4.78, 5) is 0. The second-order valence-corrected chi connectivity index (χ2v) is 5.91. The van der Waals surface area contributed by atoms with Gasteiger partial charge in [0.1, 0.15) is 5.69 Å². The quantitative estimate of drug-likeness (QED) is 0.577. The van der Waals surface area contributed by atoms with Crippen LogP contribution < -0.4 is 0 Å². The number of alkyl halides is 3. The number of halogens is 3. The molecular weight excluding hydrogens is 263 g/mol. The molecule has 4 heteroatoms. The van der Waals surface area contributed by atoms with Gasteiger partial charge in [0.25, 0.3) is 0 Å². The van der Waals surface area contributed by atoms with E-state index in [0.29, 0.717) is 12.0 Å². The van der Waals surface area contributed by atoms with Crippen molar-refractivity contribution >= 4 is 0 Å². The predicted molar refractivity (Wildman–Crippen MR) is 72.9 cm³/mol. The summed E-state index contributed by atoms with van der Waals surface area (Å²) in [6.45, 7) is 7.83. The molecule has 108 valence electrons. The van der Waals surface area contributed by atoms with Gasteiger partial charge in [-0.25, -0.2) is 0 Å². The summed E-state index contributed by atoms with van der Waals surface area (Å²) in [5.41, 5.74) is -0.255. The van der Waals surface area contributed by atoms with Gasteiger partial charge in [0.15, 0.2) is 0 Å². The fourth-order valence-corrected chi connectivity index (χ4v) is 3.14. The van der Waals surface area contributed by atoms with Gasteiger partial charge in [-0.3, -0.25) is 0 Å². The SMILES string of the molecule is C#CCn1ccc(C[C@@H]2[C@H](C=C)C2(C)C)c1C(F)(F)F. The molecule has 0 bridgehead atoms. The first-order chi connectivity index (χ1) is 9.23. The average molecular weight is 281 g/mol. The van der Waals surface area contributed by atoms with Crippen LogP contribution in [0.1, 0.15) is 25.1 Å². The van der Waals surface area contributed by atoms with E-state index in [1.807, 2.05) is 6.08 Å². The van der Waals surface area contributed by atoms with Gasteiger partial charge in [0.2, 0.25) is 0 Å². The number of nitrogens with zero attached hydrogens (tertiary/aromatic N) is 1. The minimum atomic E-state index is -4.38. The standard InChI is InChI=1S/C16H18F3N/c1-5-8-20-9-7-11(14(20)16(17,18)19)10-13-12(6-2)15(13,3)4/h1,6-7,9,12-13H,2,8,10H2,3-4H3/t12-,13+/m0/s1. The maximum absolute atomic E-state index is 13.2. The van der Waals surface area contributed by atoms with Gasteiger partial charge in [-0.2, -0.15) is 13.2 Å². The lowest BCUT2D eigenvalue weighted by Gasteiger charge is -2.13. The second kappa shape index (κ2) is 4.73. The van der Waals surface area contributed by atoms with E-state index in [9.17, 15) is 13.2 Å². The first kappa shape index (κ1) is 14.8. The molecule has 0 aromatic carbocycles. The van der Waals surface area contributed by atoms with E-state index in [4.69, 9.17) is 6.42 Å². The van der Waals surface area contributed by atoms with Gasteiger partial charge in [0, 0.05) is 6.20 Å². The zero-order valence-electron chi connectivity index (χ0n) is 11.7. The van der Waals surface area contributed by atoms with E-state index >= 15 is 0 Å². The number of rotatable bonds is 4. The van der Waals surface area contributed by atoms with E-state index in [-0.39, 0.29) is 23.8 Å². The molecule has 1 aliphatic carbocycles. The van der Waals surface area contributed by atoms with Crippen molar-refractivity contribution < 1.29 is 13.2 Å². The van der Waals surface area contributed by atoms with Crippen molar-refractivity contribution in [3.05, 3.63) is 36.2 Å². The Bertz CT molecular complexity index is 557. The molecular formula is C16H18F3N. The summed E-state index contributed by atoms with van der Waals surface area (Å²) < 4.78 is 40.7. The lowest BCUT2D eigenvalue weighted by molar-refractivity contribution is -0.143. The Hall–Kier alpha value is -1.63. The van der Waals surface area contributed by atoms with E-state index < -0.39 is 11.9 Å². The molecule has 1 aromatic heterocycles. The van der Waals surface area contributed by atoms with Gasteiger partial charge in [0.05, 0.1) is 6.54 Å². The Morgan fingerprint density at radius 1 is 1.50 bits per heavy atom. The normalized spacial score (nSPS) is 24.2. The molecule has 1 nitrogen and oxygen atoms in total. The van der Waals surface area contributed by atoms with Crippen molar-refractivity contribution in [3.63, 3.8) is 0 Å². The van der Waals surface area contributed by atoms with Crippen molar-refractivity contribution in [2.45, 2.75) is 33.0 Å². The van der Waals surface area contributed by atoms with E-state index in [0.717, 1.165) is 4.57 Å². The average Bonchev–Trinajstić information content (AvgIpc) is 2.68. The first-order valence-corrected chi connectivity index (χ1v) is 6.54. The molecule has 0 aliphatic heterocycles.